The molecule has 7 nitrogen and oxygen atoms in total. The van der Waals surface area contributed by atoms with Crippen molar-refractivity contribution in [2.45, 2.75) is 19.6 Å². The van der Waals surface area contributed by atoms with Gasteiger partial charge in [0, 0.05) is 49.4 Å². The number of ether oxygens (including phenoxy) is 1. The van der Waals surface area contributed by atoms with Crippen LogP contribution in [-0.4, -0.2) is 53.8 Å². The van der Waals surface area contributed by atoms with Crippen molar-refractivity contribution in [1.29, 1.82) is 0 Å². The molecule has 2 aliphatic heterocycles. The third kappa shape index (κ3) is 3.99. The van der Waals surface area contributed by atoms with Crippen molar-refractivity contribution in [3.8, 4) is 0 Å². The van der Waals surface area contributed by atoms with Gasteiger partial charge in [0.15, 0.2) is 0 Å². The minimum atomic E-state index is -0.687. The van der Waals surface area contributed by atoms with Crippen LogP contribution in [-0.2, 0) is 11.3 Å². The van der Waals surface area contributed by atoms with E-state index in [-0.39, 0.29) is 12.4 Å². The van der Waals surface area contributed by atoms with Crippen LogP contribution in [0.1, 0.15) is 22.9 Å². The molecule has 0 saturated carbocycles. The quantitative estimate of drug-likeness (QED) is 0.651. The normalized spacial score (nSPS) is 17.6. The molecule has 166 valence electrons. The van der Waals surface area contributed by atoms with Gasteiger partial charge in [0.05, 0.1) is 23.0 Å². The topological polar surface area (TPSA) is 77.9 Å². The number of halogens is 1. The molecular formula is C24H25FN4O3. The van der Waals surface area contributed by atoms with Crippen molar-refractivity contribution in [2.75, 3.05) is 42.9 Å². The number of β-amino-alcohol motifs (C(OH)–C–C–N with tert-alkyl or cyclic N) is 1. The van der Waals surface area contributed by atoms with E-state index in [0.717, 1.165) is 27.7 Å². The zero-order valence-electron chi connectivity index (χ0n) is 17.8. The summed E-state index contributed by atoms with van der Waals surface area (Å²) in [5.74, 6) is -0.239. The molecule has 5 rings (SSSR count). The van der Waals surface area contributed by atoms with Crippen LogP contribution in [0.3, 0.4) is 0 Å². The number of amides is 1. The number of nitrogens with one attached hydrogen (secondary N) is 1. The molecule has 0 spiro atoms. The lowest BCUT2D eigenvalue weighted by Gasteiger charge is -2.37. The van der Waals surface area contributed by atoms with Crippen LogP contribution >= 0.6 is 0 Å². The number of benzene rings is 2. The van der Waals surface area contributed by atoms with E-state index in [1.807, 2.05) is 31.2 Å². The molecule has 0 aliphatic carbocycles. The largest absolute Gasteiger partial charge is 0.444 e. The summed E-state index contributed by atoms with van der Waals surface area (Å²) >= 11 is 0. The molecule has 1 atom stereocenters. The van der Waals surface area contributed by atoms with Crippen molar-refractivity contribution in [2.24, 2.45) is 0 Å². The van der Waals surface area contributed by atoms with Crippen LogP contribution in [0.2, 0.25) is 0 Å². The number of carbonyl (C=O) groups is 1. The number of cyclic esters (lactones) is 1. The van der Waals surface area contributed by atoms with Gasteiger partial charge in [-0.1, -0.05) is 12.1 Å². The van der Waals surface area contributed by atoms with E-state index < -0.39 is 12.2 Å². The van der Waals surface area contributed by atoms with Crippen molar-refractivity contribution in [1.82, 2.24) is 9.88 Å². The third-order valence-corrected chi connectivity index (χ3v) is 6.17. The third-order valence-electron chi connectivity index (χ3n) is 6.17. The SMILES string of the molecule is Cc1ccc2c(N3CCN(CC(O)c4ccc5c(c4)NC(=O)OC5)CC3)c(F)ccc2n1. The second-order valence-electron chi connectivity index (χ2n) is 8.34. The van der Waals surface area contributed by atoms with E-state index >= 15 is 0 Å². The van der Waals surface area contributed by atoms with Gasteiger partial charge in [-0.25, -0.2) is 9.18 Å². The van der Waals surface area contributed by atoms with Gasteiger partial charge in [0.25, 0.3) is 0 Å². The molecule has 2 aliphatic rings. The predicted molar refractivity (Wildman–Crippen MR) is 120 cm³/mol. The van der Waals surface area contributed by atoms with E-state index in [2.05, 4.69) is 20.1 Å². The second-order valence-corrected chi connectivity index (χ2v) is 8.34. The number of aryl methyl sites for hydroxylation is 1. The summed E-state index contributed by atoms with van der Waals surface area (Å²) < 4.78 is 19.7. The molecule has 2 aromatic carbocycles. The maximum absolute atomic E-state index is 14.7. The van der Waals surface area contributed by atoms with Gasteiger partial charge in [-0.15, -0.1) is 0 Å². The highest BCUT2D eigenvalue weighted by atomic mass is 19.1. The lowest BCUT2D eigenvalue weighted by atomic mass is 10.0. The van der Waals surface area contributed by atoms with Crippen LogP contribution < -0.4 is 10.2 Å². The lowest BCUT2D eigenvalue weighted by molar-refractivity contribution is 0.109. The van der Waals surface area contributed by atoms with Crippen molar-refractivity contribution in [3.63, 3.8) is 0 Å². The molecule has 1 unspecified atom stereocenters. The number of piperazine rings is 1. The number of aliphatic hydroxyl groups is 1. The average Bonchev–Trinajstić information content (AvgIpc) is 2.79. The van der Waals surface area contributed by atoms with Gasteiger partial charge < -0.3 is 14.7 Å². The fraction of sp³-hybridized carbons (Fsp3) is 0.333. The highest BCUT2D eigenvalue weighted by molar-refractivity contribution is 5.92. The Labute approximate surface area is 185 Å². The number of aromatic nitrogens is 1. The molecule has 0 bridgehead atoms. The number of hydrogen-bond acceptors (Lipinski definition) is 6. The fourth-order valence-electron chi connectivity index (χ4n) is 4.42. The molecule has 1 amide bonds. The first-order chi connectivity index (χ1) is 15.5. The first-order valence-electron chi connectivity index (χ1n) is 10.8. The summed E-state index contributed by atoms with van der Waals surface area (Å²) in [5, 5.41) is 14.3. The standard InChI is InChI=1S/C24H25FN4O3/c1-15-2-5-18-20(26-15)7-6-19(25)23(18)29-10-8-28(9-11-29)13-22(30)16-3-4-17-14-32-24(31)27-21(17)12-16/h2-7,12,22,30H,8-11,13-14H2,1H3,(H,27,31). The van der Waals surface area contributed by atoms with Gasteiger partial charge in [0.2, 0.25) is 0 Å². The number of anilines is 2. The molecule has 3 heterocycles. The molecule has 2 N–H and O–H groups in total. The summed E-state index contributed by atoms with van der Waals surface area (Å²) in [4.78, 5) is 20.2. The molecule has 0 radical (unpaired) electrons. The predicted octanol–water partition coefficient (Wildman–Crippen LogP) is 3.60. The maximum atomic E-state index is 14.7. The Kier molecular flexibility index (Phi) is 5.40. The van der Waals surface area contributed by atoms with Crippen molar-refractivity contribution < 1.29 is 19.0 Å². The van der Waals surface area contributed by atoms with E-state index in [9.17, 15) is 14.3 Å². The Morgan fingerprint density at radius 3 is 2.78 bits per heavy atom. The first kappa shape index (κ1) is 20.7. The van der Waals surface area contributed by atoms with Crippen molar-refractivity contribution >= 4 is 28.4 Å². The Bertz CT molecular complexity index is 1180. The number of fused-ring (bicyclic) bond motifs is 2. The summed E-state index contributed by atoms with van der Waals surface area (Å²) in [7, 11) is 0. The van der Waals surface area contributed by atoms with Crippen LogP contribution in [0, 0.1) is 12.7 Å². The Morgan fingerprint density at radius 1 is 1.16 bits per heavy atom. The summed E-state index contributed by atoms with van der Waals surface area (Å²) in [6, 6.07) is 12.6. The number of nitrogens with zero attached hydrogens (tertiary/aromatic N) is 3. The van der Waals surface area contributed by atoms with E-state index in [4.69, 9.17) is 4.74 Å². The molecule has 32 heavy (non-hydrogen) atoms. The zero-order chi connectivity index (χ0) is 22.2. The number of aliphatic hydroxyl groups excluding tert-OH is 1. The molecule has 1 saturated heterocycles. The minimum Gasteiger partial charge on any atom is -0.444 e. The van der Waals surface area contributed by atoms with Crippen LogP contribution in [0.4, 0.5) is 20.6 Å². The van der Waals surface area contributed by atoms with Gasteiger partial charge in [-0.2, -0.15) is 0 Å². The van der Waals surface area contributed by atoms with Gasteiger partial charge in [-0.3, -0.25) is 15.2 Å². The van der Waals surface area contributed by atoms with E-state index in [0.29, 0.717) is 44.1 Å². The van der Waals surface area contributed by atoms with Gasteiger partial charge in [-0.05, 0) is 42.8 Å². The number of hydrogen-bond donors (Lipinski definition) is 2. The Hall–Kier alpha value is -3.23. The van der Waals surface area contributed by atoms with Crippen LogP contribution in [0.5, 0.6) is 0 Å². The minimum absolute atomic E-state index is 0.235. The number of rotatable bonds is 4. The average molecular weight is 436 g/mol. The highest BCUT2D eigenvalue weighted by Gasteiger charge is 2.24. The summed E-state index contributed by atoms with van der Waals surface area (Å²) in [6.45, 7) is 5.37. The smallest absolute Gasteiger partial charge is 0.411 e. The monoisotopic (exact) mass is 436 g/mol. The molecule has 8 heteroatoms. The first-order valence-corrected chi connectivity index (χ1v) is 10.8. The Balaban J connectivity index is 1.26. The molecule has 3 aromatic rings. The number of pyridine rings is 1. The van der Waals surface area contributed by atoms with Crippen molar-refractivity contribution in [3.05, 3.63) is 65.1 Å². The van der Waals surface area contributed by atoms with E-state index in [1.165, 1.54) is 6.07 Å². The molecule has 1 aromatic heterocycles. The van der Waals surface area contributed by atoms with Gasteiger partial charge in [0.1, 0.15) is 12.4 Å². The second kappa shape index (κ2) is 8.37. The van der Waals surface area contributed by atoms with Gasteiger partial charge >= 0.3 is 6.09 Å². The fourth-order valence-corrected chi connectivity index (χ4v) is 4.42. The summed E-state index contributed by atoms with van der Waals surface area (Å²) in [5.41, 5.74) is 4.61. The molecule has 1 fully saturated rings. The highest BCUT2D eigenvalue weighted by Crippen LogP contribution is 2.31. The molecular weight excluding hydrogens is 411 g/mol. The maximum Gasteiger partial charge on any atom is 0.411 e. The zero-order valence-corrected chi connectivity index (χ0v) is 17.8. The lowest BCUT2D eigenvalue weighted by Crippen LogP contribution is -2.47. The Morgan fingerprint density at radius 2 is 1.97 bits per heavy atom. The van der Waals surface area contributed by atoms with Crippen LogP contribution in [0.15, 0.2) is 42.5 Å². The van der Waals surface area contributed by atoms with Crippen LogP contribution in [0.25, 0.3) is 10.9 Å². The number of carbonyl (C=O) groups excluding carboxylic acids is 1. The van der Waals surface area contributed by atoms with E-state index in [1.54, 1.807) is 12.1 Å². The summed E-state index contributed by atoms with van der Waals surface area (Å²) in [6.07, 6.45) is -1.17.